The van der Waals surface area contributed by atoms with Gasteiger partial charge in [-0.2, -0.15) is 13.2 Å². The zero-order chi connectivity index (χ0) is 22.6. The molecular weight excluding hydrogens is 409 g/mol. The number of nitrogens with one attached hydrogen (secondary N) is 1. The van der Waals surface area contributed by atoms with Crippen molar-refractivity contribution < 1.29 is 27.9 Å². The summed E-state index contributed by atoms with van der Waals surface area (Å²) in [6, 6.07) is 12.4. The SMILES string of the molecule is Cc1ccccc1[C@H](CC(=O)O)NC(=O)c1cncc(-c2ccc(C(F)(F)F)cc2)c1. The van der Waals surface area contributed by atoms with Gasteiger partial charge in [-0.3, -0.25) is 14.6 Å². The molecule has 2 N–H and O–H groups in total. The summed E-state index contributed by atoms with van der Waals surface area (Å²) < 4.78 is 38.3. The lowest BCUT2D eigenvalue weighted by Gasteiger charge is -2.19. The number of carbonyl (C=O) groups is 2. The lowest BCUT2D eigenvalue weighted by Crippen LogP contribution is -2.30. The van der Waals surface area contributed by atoms with Crippen LogP contribution < -0.4 is 5.32 Å². The molecule has 0 aliphatic heterocycles. The fourth-order valence-electron chi connectivity index (χ4n) is 3.21. The van der Waals surface area contributed by atoms with E-state index in [1.165, 1.54) is 30.6 Å². The Labute approximate surface area is 176 Å². The molecule has 0 radical (unpaired) electrons. The monoisotopic (exact) mass is 428 g/mol. The molecule has 8 heteroatoms. The van der Waals surface area contributed by atoms with Gasteiger partial charge in [0.15, 0.2) is 0 Å². The van der Waals surface area contributed by atoms with Crippen molar-refractivity contribution in [2.45, 2.75) is 25.6 Å². The van der Waals surface area contributed by atoms with E-state index in [-0.39, 0.29) is 12.0 Å². The Balaban J connectivity index is 1.85. The number of rotatable bonds is 6. The van der Waals surface area contributed by atoms with Gasteiger partial charge < -0.3 is 10.4 Å². The standard InChI is InChI=1S/C23H19F3N2O3/c1-14-4-2-3-5-19(14)20(11-21(29)30)28-22(31)17-10-16(12-27-13-17)15-6-8-18(9-7-15)23(24,25)26/h2-10,12-13,20H,11H2,1H3,(H,28,31)(H,29,30)/t20-/m0/s1. The molecule has 160 valence electrons. The smallest absolute Gasteiger partial charge is 0.416 e. The molecule has 1 aromatic heterocycles. The zero-order valence-corrected chi connectivity index (χ0v) is 16.5. The summed E-state index contributed by atoms with van der Waals surface area (Å²) in [5.74, 6) is -1.60. The maximum atomic E-state index is 12.8. The normalized spacial score (nSPS) is 12.3. The second-order valence-corrected chi connectivity index (χ2v) is 7.02. The van der Waals surface area contributed by atoms with Gasteiger partial charge in [-0.15, -0.1) is 0 Å². The summed E-state index contributed by atoms with van der Waals surface area (Å²) in [4.78, 5) is 28.1. The first-order valence-corrected chi connectivity index (χ1v) is 9.36. The lowest BCUT2D eigenvalue weighted by atomic mass is 9.98. The molecule has 3 rings (SSSR count). The van der Waals surface area contributed by atoms with E-state index in [2.05, 4.69) is 10.3 Å². The molecule has 1 heterocycles. The molecule has 5 nitrogen and oxygen atoms in total. The first kappa shape index (κ1) is 22.0. The van der Waals surface area contributed by atoms with Crippen LogP contribution in [-0.2, 0) is 11.0 Å². The number of carbonyl (C=O) groups excluding carboxylic acids is 1. The molecule has 0 spiro atoms. The Kier molecular flexibility index (Phi) is 6.39. The summed E-state index contributed by atoms with van der Waals surface area (Å²) in [5, 5.41) is 12.0. The third-order valence-electron chi connectivity index (χ3n) is 4.79. The second-order valence-electron chi connectivity index (χ2n) is 7.02. The molecule has 0 aliphatic carbocycles. The van der Waals surface area contributed by atoms with E-state index >= 15 is 0 Å². The molecule has 1 amide bonds. The van der Waals surface area contributed by atoms with Crippen LogP contribution in [0.1, 0.15) is 39.5 Å². The third kappa shape index (κ3) is 5.48. The van der Waals surface area contributed by atoms with Crippen molar-refractivity contribution in [1.29, 1.82) is 0 Å². The Morgan fingerprint density at radius 3 is 2.32 bits per heavy atom. The Morgan fingerprint density at radius 1 is 1.03 bits per heavy atom. The highest BCUT2D eigenvalue weighted by atomic mass is 19.4. The fraction of sp³-hybridized carbons (Fsp3) is 0.174. The minimum absolute atomic E-state index is 0.168. The summed E-state index contributed by atoms with van der Waals surface area (Å²) >= 11 is 0. The first-order valence-electron chi connectivity index (χ1n) is 9.36. The number of alkyl halides is 3. The molecule has 2 aromatic carbocycles. The van der Waals surface area contributed by atoms with Gasteiger partial charge in [0.1, 0.15) is 0 Å². The molecule has 0 fully saturated rings. The maximum absolute atomic E-state index is 12.8. The van der Waals surface area contributed by atoms with Gasteiger partial charge in [0, 0.05) is 18.0 Å². The number of halogens is 3. The Hall–Kier alpha value is -3.68. The van der Waals surface area contributed by atoms with Gasteiger partial charge in [-0.25, -0.2) is 0 Å². The maximum Gasteiger partial charge on any atom is 0.416 e. The van der Waals surface area contributed by atoms with E-state index in [0.717, 1.165) is 17.7 Å². The van der Waals surface area contributed by atoms with E-state index in [0.29, 0.717) is 16.7 Å². The highest BCUT2D eigenvalue weighted by Gasteiger charge is 2.30. The van der Waals surface area contributed by atoms with Crippen molar-refractivity contribution in [3.05, 3.63) is 89.2 Å². The third-order valence-corrected chi connectivity index (χ3v) is 4.79. The molecule has 0 saturated heterocycles. The first-order chi connectivity index (χ1) is 14.6. The second kappa shape index (κ2) is 8.99. The van der Waals surface area contributed by atoms with Crippen LogP contribution in [0.15, 0.2) is 67.0 Å². The van der Waals surface area contributed by atoms with E-state index in [9.17, 15) is 27.9 Å². The lowest BCUT2D eigenvalue weighted by molar-refractivity contribution is -0.138. The largest absolute Gasteiger partial charge is 0.481 e. The summed E-state index contributed by atoms with van der Waals surface area (Å²) in [7, 11) is 0. The summed E-state index contributed by atoms with van der Waals surface area (Å²) in [6.07, 6.45) is -1.98. The number of hydrogen-bond acceptors (Lipinski definition) is 3. The Morgan fingerprint density at radius 2 is 1.71 bits per heavy atom. The van der Waals surface area contributed by atoms with E-state index in [1.54, 1.807) is 12.1 Å². The fourth-order valence-corrected chi connectivity index (χ4v) is 3.21. The molecule has 0 unspecified atom stereocenters. The number of aryl methyl sites for hydroxylation is 1. The zero-order valence-electron chi connectivity index (χ0n) is 16.5. The van der Waals surface area contributed by atoms with Crippen molar-refractivity contribution >= 4 is 11.9 Å². The highest BCUT2D eigenvalue weighted by molar-refractivity contribution is 5.95. The van der Waals surface area contributed by atoms with Crippen molar-refractivity contribution in [2.24, 2.45) is 0 Å². The van der Waals surface area contributed by atoms with Crippen molar-refractivity contribution in [3.63, 3.8) is 0 Å². The van der Waals surface area contributed by atoms with Gasteiger partial charge in [0.2, 0.25) is 0 Å². The van der Waals surface area contributed by atoms with Crippen LogP contribution in [0.3, 0.4) is 0 Å². The molecule has 3 aromatic rings. The summed E-state index contributed by atoms with van der Waals surface area (Å²) in [6.45, 7) is 1.82. The molecule has 0 aliphatic rings. The van der Waals surface area contributed by atoms with Crippen molar-refractivity contribution in [2.75, 3.05) is 0 Å². The van der Waals surface area contributed by atoms with Gasteiger partial charge >= 0.3 is 12.1 Å². The van der Waals surface area contributed by atoms with Crippen LogP contribution in [0.4, 0.5) is 13.2 Å². The molecule has 0 saturated carbocycles. The quantitative estimate of drug-likeness (QED) is 0.578. The molecule has 1 atom stereocenters. The van der Waals surface area contributed by atoms with Crippen LogP contribution in [-0.4, -0.2) is 22.0 Å². The van der Waals surface area contributed by atoms with Crippen LogP contribution in [0.2, 0.25) is 0 Å². The number of aliphatic carboxylic acids is 1. The number of carboxylic acid groups (broad SMARTS) is 1. The van der Waals surface area contributed by atoms with E-state index in [1.807, 2.05) is 19.1 Å². The number of benzene rings is 2. The highest BCUT2D eigenvalue weighted by Crippen LogP contribution is 2.31. The predicted octanol–water partition coefficient (Wildman–Crippen LogP) is 5.02. The summed E-state index contributed by atoms with van der Waals surface area (Å²) in [5.41, 5.74) is 1.85. The van der Waals surface area contributed by atoms with Gasteiger partial charge in [0.25, 0.3) is 5.91 Å². The number of amides is 1. The Bertz CT molecular complexity index is 1100. The van der Waals surface area contributed by atoms with Crippen LogP contribution in [0, 0.1) is 6.92 Å². The van der Waals surface area contributed by atoms with E-state index < -0.39 is 29.7 Å². The minimum Gasteiger partial charge on any atom is -0.481 e. The van der Waals surface area contributed by atoms with Gasteiger partial charge in [-0.1, -0.05) is 36.4 Å². The van der Waals surface area contributed by atoms with E-state index in [4.69, 9.17) is 0 Å². The molecular formula is C23H19F3N2O3. The molecule has 0 bridgehead atoms. The topological polar surface area (TPSA) is 79.3 Å². The number of nitrogens with zero attached hydrogens (tertiary/aromatic N) is 1. The predicted molar refractivity (Wildman–Crippen MR) is 108 cm³/mol. The molecule has 31 heavy (non-hydrogen) atoms. The van der Waals surface area contributed by atoms with Gasteiger partial charge in [-0.05, 0) is 41.8 Å². The minimum atomic E-state index is -4.44. The van der Waals surface area contributed by atoms with Crippen molar-refractivity contribution in [3.8, 4) is 11.1 Å². The van der Waals surface area contributed by atoms with Crippen LogP contribution in [0.5, 0.6) is 0 Å². The average Bonchev–Trinajstić information content (AvgIpc) is 2.73. The number of hydrogen-bond donors (Lipinski definition) is 2. The number of pyridine rings is 1. The van der Waals surface area contributed by atoms with Gasteiger partial charge in [0.05, 0.1) is 23.6 Å². The van der Waals surface area contributed by atoms with Crippen LogP contribution in [0.25, 0.3) is 11.1 Å². The average molecular weight is 428 g/mol. The number of carboxylic acids is 1. The van der Waals surface area contributed by atoms with Crippen molar-refractivity contribution in [1.82, 2.24) is 10.3 Å². The number of aromatic nitrogens is 1. The van der Waals surface area contributed by atoms with Crippen LogP contribution >= 0.6 is 0 Å².